The van der Waals surface area contributed by atoms with Crippen molar-refractivity contribution in [1.29, 1.82) is 0 Å². The minimum atomic E-state index is -0.284. The standard InChI is InChI=1S/C18H14ClFN2OS/c1-11-8-13(19)4-7-16(11)22-17(23)9-15-10-24-18(21-15)12-2-5-14(20)6-3-12/h2-8,10H,9H2,1H3,(H,22,23). The first-order valence-electron chi connectivity index (χ1n) is 7.27. The highest BCUT2D eigenvalue weighted by atomic mass is 35.5. The summed E-state index contributed by atoms with van der Waals surface area (Å²) in [6.45, 7) is 1.89. The second kappa shape index (κ2) is 7.11. The summed E-state index contributed by atoms with van der Waals surface area (Å²) in [5.74, 6) is -0.426. The van der Waals surface area contributed by atoms with E-state index in [-0.39, 0.29) is 18.1 Å². The van der Waals surface area contributed by atoms with E-state index in [1.165, 1.54) is 23.5 Å². The molecule has 0 saturated carbocycles. The molecule has 1 heterocycles. The number of hydrogen-bond acceptors (Lipinski definition) is 3. The fourth-order valence-electron chi connectivity index (χ4n) is 2.24. The molecule has 1 aromatic heterocycles. The third-order valence-electron chi connectivity index (χ3n) is 3.45. The van der Waals surface area contributed by atoms with Crippen LogP contribution in [0.25, 0.3) is 10.6 Å². The number of carbonyl (C=O) groups excluding carboxylic acids is 1. The minimum Gasteiger partial charge on any atom is -0.326 e. The summed E-state index contributed by atoms with van der Waals surface area (Å²) in [5, 5.41) is 6.10. The number of nitrogens with one attached hydrogen (secondary N) is 1. The topological polar surface area (TPSA) is 42.0 Å². The first kappa shape index (κ1) is 16.6. The van der Waals surface area contributed by atoms with Crippen molar-refractivity contribution in [2.45, 2.75) is 13.3 Å². The maximum absolute atomic E-state index is 13.0. The lowest BCUT2D eigenvalue weighted by atomic mass is 10.2. The van der Waals surface area contributed by atoms with Gasteiger partial charge < -0.3 is 5.32 Å². The Morgan fingerprint density at radius 3 is 2.71 bits per heavy atom. The molecular weight excluding hydrogens is 347 g/mol. The zero-order valence-corrected chi connectivity index (χ0v) is 14.4. The van der Waals surface area contributed by atoms with Gasteiger partial charge in [0.2, 0.25) is 5.91 Å². The molecule has 0 aliphatic carbocycles. The van der Waals surface area contributed by atoms with Gasteiger partial charge in [-0.2, -0.15) is 0 Å². The number of thiazole rings is 1. The van der Waals surface area contributed by atoms with E-state index in [0.29, 0.717) is 10.7 Å². The van der Waals surface area contributed by atoms with Gasteiger partial charge in [0.25, 0.3) is 0 Å². The Balaban J connectivity index is 1.68. The molecule has 0 atom stereocenters. The van der Waals surface area contributed by atoms with Gasteiger partial charge >= 0.3 is 0 Å². The predicted octanol–water partition coefficient (Wildman–Crippen LogP) is 5.09. The van der Waals surface area contributed by atoms with Crippen LogP contribution in [0.4, 0.5) is 10.1 Å². The van der Waals surface area contributed by atoms with Crippen LogP contribution in [-0.2, 0) is 11.2 Å². The summed E-state index contributed by atoms with van der Waals surface area (Å²) < 4.78 is 13.0. The van der Waals surface area contributed by atoms with E-state index in [2.05, 4.69) is 10.3 Å². The fraction of sp³-hybridized carbons (Fsp3) is 0.111. The van der Waals surface area contributed by atoms with Crippen molar-refractivity contribution in [3.8, 4) is 10.6 Å². The van der Waals surface area contributed by atoms with Crippen LogP contribution in [0.1, 0.15) is 11.3 Å². The summed E-state index contributed by atoms with van der Waals surface area (Å²) >= 11 is 7.34. The third kappa shape index (κ3) is 3.99. The lowest BCUT2D eigenvalue weighted by molar-refractivity contribution is -0.115. The van der Waals surface area contributed by atoms with E-state index >= 15 is 0 Å². The molecule has 1 amide bonds. The van der Waals surface area contributed by atoms with Crippen LogP contribution in [-0.4, -0.2) is 10.9 Å². The van der Waals surface area contributed by atoms with Crippen molar-refractivity contribution in [2.24, 2.45) is 0 Å². The smallest absolute Gasteiger partial charge is 0.230 e. The molecule has 0 aliphatic rings. The lowest BCUT2D eigenvalue weighted by Gasteiger charge is -2.07. The SMILES string of the molecule is Cc1cc(Cl)ccc1NC(=O)Cc1csc(-c2ccc(F)cc2)n1. The second-order valence-corrected chi connectivity index (χ2v) is 6.63. The Kier molecular flexibility index (Phi) is 4.92. The van der Waals surface area contributed by atoms with Crippen molar-refractivity contribution < 1.29 is 9.18 Å². The molecule has 24 heavy (non-hydrogen) atoms. The van der Waals surface area contributed by atoms with Gasteiger partial charge in [0.1, 0.15) is 10.8 Å². The Bertz CT molecular complexity index is 877. The molecule has 3 aromatic rings. The van der Waals surface area contributed by atoms with Gasteiger partial charge in [0, 0.05) is 21.7 Å². The molecule has 3 nitrogen and oxygen atoms in total. The van der Waals surface area contributed by atoms with Crippen LogP contribution in [0, 0.1) is 12.7 Å². The number of carbonyl (C=O) groups is 1. The highest BCUT2D eigenvalue weighted by Gasteiger charge is 2.10. The summed E-state index contributed by atoms with van der Waals surface area (Å²) in [4.78, 5) is 16.6. The molecule has 3 rings (SSSR count). The molecular formula is C18H14ClFN2OS. The summed E-state index contributed by atoms with van der Waals surface area (Å²) in [5.41, 5.74) is 3.16. The van der Waals surface area contributed by atoms with Crippen LogP contribution in [0.3, 0.4) is 0 Å². The minimum absolute atomic E-state index is 0.142. The van der Waals surface area contributed by atoms with Gasteiger partial charge in [-0.25, -0.2) is 9.37 Å². The molecule has 122 valence electrons. The zero-order chi connectivity index (χ0) is 17.1. The van der Waals surface area contributed by atoms with E-state index in [9.17, 15) is 9.18 Å². The Hall–Kier alpha value is -2.24. The average molecular weight is 361 g/mol. The van der Waals surface area contributed by atoms with E-state index in [4.69, 9.17) is 11.6 Å². The largest absolute Gasteiger partial charge is 0.326 e. The molecule has 0 unspecified atom stereocenters. The molecule has 1 N–H and O–H groups in total. The molecule has 6 heteroatoms. The monoisotopic (exact) mass is 360 g/mol. The normalized spacial score (nSPS) is 10.6. The van der Waals surface area contributed by atoms with Gasteiger partial charge in [-0.1, -0.05) is 11.6 Å². The van der Waals surface area contributed by atoms with Crippen LogP contribution >= 0.6 is 22.9 Å². The average Bonchev–Trinajstić information content (AvgIpc) is 2.99. The van der Waals surface area contributed by atoms with Gasteiger partial charge in [-0.05, 0) is 55.0 Å². The Morgan fingerprint density at radius 2 is 2.00 bits per heavy atom. The highest BCUT2D eigenvalue weighted by molar-refractivity contribution is 7.13. The molecule has 0 bridgehead atoms. The first-order valence-corrected chi connectivity index (χ1v) is 8.53. The number of benzene rings is 2. The number of halogens is 2. The zero-order valence-electron chi connectivity index (χ0n) is 12.8. The maximum Gasteiger partial charge on any atom is 0.230 e. The van der Waals surface area contributed by atoms with Crippen molar-refractivity contribution >= 4 is 34.5 Å². The van der Waals surface area contributed by atoms with Gasteiger partial charge in [-0.3, -0.25) is 4.79 Å². The van der Waals surface area contributed by atoms with Crippen LogP contribution in [0.2, 0.25) is 5.02 Å². The van der Waals surface area contributed by atoms with Crippen molar-refractivity contribution in [1.82, 2.24) is 4.98 Å². The van der Waals surface area contributed by atoms with E-state index in [1.54, 1.807) is 30.3 Å². The number of rotatable bonds is 4. The van der Waals surface area contributed by atoms with Crippen LogP contribution in [0.15, 0.2) is 47.8 Å². The van der Waals surface area contributed by atoms with Crippen LogP contribution in [0.5, 0.6) is 0 Å². The second-order valence-electron chi connectivity index (χ2n) is 5.34. The Morgan fingerprint density at radius 1 is 1.25 bits per heavy atom. The lowest BCUT2D eigenvalue weighted by Crippen LogP contribution is -2.15. The summed E-state index contributed by atoms with van der Waals surface area (Å²) in [7, 11) is 0. The van der Waals surface area contributed by atoms with E-state index in [1.807, 2.05) is 12.3 Å². The number of amides is 1. The number of anilines is 1. The van der Waals surface area contributed by atoms with Crippen molar-refractivity contribution in [2.75, 3.05) is 5.32 Å². The van der Waals surface area contributed by atoms with Gasteiger partial charge in [0.15, 0.2) is 0 Å². The summed E-state index contributed by atoms with van der Waals surface area (Å²) in [6.07, 6.45) is 0.180. The van der Waals surface area contributed by atoms with E-state index < -0.39 is 0 Å². The van der Waals surface area contributed by atoms with E-state index in [0.717, 1.165) is 21.8 Å². The first-order chi connectivity index (χ1) is 11.5. The maximum atomic E-state index is 13.0. The highest BCUT2D eigenvalue weighted by Crippen LogP contribution is 2.24. The molecule has 0 fully saturated rings. The molecule has 2 aromatic carbocycles. The van der Waals surface area contributed by atoms with Crippen molar-refractivity contribution in [3.63, 3.8) is 0 Å². The Labute approximate surface area is 148 Å². The number of aromatic nitrogens is 1. The van der Waals surface area contributed by atoms with Gasteiger partial charge in [-0.15, -0.1) is 11.3 Å². The quantitative estimate of drug-likeness (QED) is 0.704. The molecule has 0 spiro atoms. The van der Waals surface area contributed by atoms with Crippen LogP contribution < -0.4 is 5.32 Å². The third-order valence-corrected chi connectivity index (χ3v) is 4.62. The summed E-state index contributed by atoms with van der Waals surface area (Å²) in [6, 6.07) is 11.5. The molecule has 0 radical (unpaired) electrons. The molecule has 0 aliphatic heterocycles. The molecule has 0 saturated heterocycles. The number of aryl methyl sites for hydroxylation is 1. The number of hydrogen-bond donors (Lipinski definition) is 1. The fourth-order valence-corrected chi connectivity index (χ4v) is 3.29. The predicted molar refractivity (Wildman–Crippen MR) is 96.0 cm³/mol. The van der Waals surface area contributed by atoms with Crippen molar-refractivity contribution in [3.05, 3.63) is 69.9 Å². The van der Waals surface area contributed by atoms with Gasteiger partial charge in [0.05, 0.1) is 12.1 Å². The number of nitrogens with zero attached hydrogens (tertiary/aromatic N) is 1.